The molecular weight excluding hydrogens is 1330 g/mol. The SMILES string of the molecule is CC(C)(C)C1CCC2C(C1)C1CC(C(C)(C)C)CCC1N2C1CCC2B3C4CCC(C5CC6CCCC7C8CCCC9CCCC(C(C5)C67)C98)CC4N(C4C(C5CCCCC5)CC(C(C)(C)C)CC4C4CCCCC4)C4CC(C(C)(C)C)CC(C34)N(C3C(C4CCCCC4)CC(C(C)(C)C)CC3C3CCCCC3)C2C1. The zero-order valence-corrected chi connectivity index (χ0v) is 75.4. The van der Waals surface area contributed by atoms with E-state index in [0.29, 0.717) is 27.1 Å². The Morgan fingerprint density at radius 1 is 0.200 bits per heavy atom. The van der Waals surface area contributed by atoms with E-state index in [0.717, 1.165) is 226 Å². The third kappa shape index (κ3) is 14.5. The highest BCUT2D eigenvalue weighted by Gasteiger charge is 2.71. The van der Waals surface area contributed by atoms with Gasteiger partial charge < -0.3 is 0 Å². The molecule has 0 bridgehead atoms. The highest BCUT2D eigenvalue weighted by molar-refractivity contribution is 6.65. The fourth-order valence-corrected chi connectivity index (χ4v) is 38.3. The molecule has 0 aromatic heterocycles. The normalized spacial score (nSPS) is 49.4. The fraction of sp³-hybridized carbons (Fsp3) is 1.00. The summed E-state index contributed by atoms with van der Waals surface area (Å²) in [4.78, 5) is 11.6. The van der Waals surface area contributed by atoms with Gasteiger partial charge in [0.25, 0.3) is 0 Å². The molecule has 3 aliphatic heterocycles. The van der Waals surface area contributed by atoms with Gasteiger partial charge in [0.2, 0.25) is 0 Å². The van der Waals surface area contributed by atoms with Crippen molar-refractivity contribution in [3.05, 3.63) is 0 Å². The maximum absolute atomic E-state index is 4.01. The molecule has 4 heteroatoms. The zero-order chi connectivity index (χ0) is 75.8. The van der Waals surface area contributed by atoms with Crippen molar-refractivity contribution in [3.63, 3.8) is 0 Å². The van der Waals surface area contributed by atoms with Gasteiger partial charge in [-0.1, -0.05) is 290 Å². The number of fused-ring (bicyclic) bond motifs is 9. The average molecular weight is 1510 g/mol. The Morgan fingerprint density at radius 3 is 0.973 bits per heavy atom. The number of nitrogens with zero attached hydrogens (tertiary/aromatic N) is 3. The van der Waals surface area contributed by atoms with Gasteiger partial charge >= 0.3 is 0 Å². The van der Waals surface area contributed by atoms with Crippen LogP contribution in [0.25, 0.3) is 0 Å². The minimum atomic E-state index is 0.309. The lowest BCUT2D eigenvalue weighted by atomic mass is 9.18. The number of rotatable bonds is 8. The van der Waals surface area contributed by atoms with Crippen LogP contribution in [0.2, 0.25) is 17.5 Å². The van der Waals surface area contributed by atoms with E-state index in [1.165, 1.54) is 116 Å². The second kappa shape index (κ2) is 31.1. The topological polar surface area (TPSA) is 9.72 Å². The van der Waals surface area contributed by atoms with Crippen LogP contribution in [0.1, 0.15) is 418 Å². The van der Waals surface area contributed by atoms with Gasteiger partial charge in [0.1, 0.15) is 0 Å². The van der Waals surface area contributed by atoms with Gasteiger partial charge in [-0.3, -0.25) is 14.7 Å². The molecule has 0 radical (unpaired) electrons. The predicted octanol–water partition coefficient (Wildman–Crippen LogP) is 28.8. The van der Waals surface area contributed by atoms with Gasteiger partial charge in [0.15, 0.2) is 6.71 Å². The van der Waals surface area contributed by atoms with Crippen LogP contribution in [-0.4, -0.2) is 75.8 Å². The molecule has 0 spiro atoms. The van der Waals surface area contributed by atoms with E-state index >= 15 is 0 Å². The lowest BCUT2D eigenvalue weighted by Gasteiger charge is -2.73. The van der Waals surface area contributed by atoms with Crippen molar-refractivity contribution in [2.45, 2.75) is 490 Å². The molecule has 3 saturated heterocycles. The van der Waals surface area contributed by atoms with Gasteiger partial charge in [-0.15, -0.1) is 0 Å². The Morgan fingerprint density at radius 2 is 0.555 bits per heavy atom. The predicted molar refractivity (Wildman–Crippen MR) is 467 cm³/mol. The summed E-state index contributed by atoms with van der Waals surface area (Å²) in [5.74, 6) is 26.9. The molecule has 19 fully saturated rings. The molecule has 622 valence electrons. The lowest BCUT2D eigenvalue weighted by Crippen LogP contribution is -2.77. The Kier molecular flexibility index (Phi) is 22.6. The Labute approximate surface area is 682 Å². The molecule has 110 heavy (non-hydrogen) atoms. The van der Waals surface area contributed by atoms with Crippen molar-refractivity contribution < 1.29 is 0 Å². The van der Waals surface area contributed by atoms with Crippen molar-refractivity contribution in [1.29, 1.82) is 0 Å². The fourth-order valence-electron chi connectivity index (χ4n) is 38.3. The molecule has 29 unspecified atom stereocenters. The van der Waals surface area contributed by atoms with Crippen LogP contribution in [0.4, 0.5) is 0 Å². The summed E-state index contributed by atoms with van der Waals surface area (Å²) in [6, 6.07) is 7.22. The Hall–Kier alpha value is -0.0551. The van der Waals surface area contributed by atoms with Gasteiger partial charge in [-0.05, 0) is 321 Å². The number of hydrogen-bond acceptors (Lipinski definition) is 3. The first-order chi connectivity index (χ1) is 52.7. The van der Waals surface area contributed by atoms with Crippen molar-refractivity contribution in [2.75, 3.05) is 0 Å². The van der Waals surface area contributed by atoms with Crippen LogP contribution in [0.5, 0.6) is 0 Å². The Bertz CT molecular complexity index is 2950. The van der Waals surface area contributed by atoms with Crippen LogP contribution >= 0.6 is 0 Å². The quantitative estimate of drug-likeness (QED) is 0.224. The average Bonchev–Trinajstić information content (AvgIpc) is 0.736. The van der Waals surface area contributed by atoms with Crippen LogP contribution in [0.3, 0.4) is 0 Å². The summed E-state index contributed by atoms with van der Waals surface area (Å²) in [5, 5.41) is 0. The highest BCUT2D eigenvalue weighted by atomic mass is 15.3. The Balaban J connectivity index is 0.782. The van der Waals surface area contributed by atoms with E-state index in [2.05, 4.69) is 119 Å². The van der Waals surface area contributed by atoms with Gasteiger partial charge in [0, 0.05) is 54.4 Å². The first-order valence-corrected chi connectivity index (χ1v) is 52.0. The van der Waals surface area contributed by atoms with Crippen molar-refractivity contribution in [1.82, 2.24) is 14.7 Å². The first kappa shape index (κ1) is 79.7. The van der Waals surface area contributed by atoms with E-state index in [4.69, 9.17) is 0 Å². The highest BCUT2D eigenvalue weighted by Crippen LogP contribution is 2.72. The monoisotopic (exact) mass is 1510 g/mol. The van der Waals surface area contributed by atoms with E-state index in [-0.39, 0.29) is 0 Å². The maximum Gasteiger partial charge on any atom is 0.156 e. The summed E-state index contributed by atoms with van der Waals surface area (Å²) < 4.78 is 0. The van der Waals surface area contributed by atoms with Gasteiger partial charge in [0.05, 0.1) is 0 Å². The third-order valence-corrected chi connectivity index (χ3v) is 43.3. The van der Waals surface area contributed by atoms with E-state index in [9.17, 15) is 0 Å². The summed E-state index contributed by atoms with van der Waals surface area (Å²) in [5.41, 5.74) is 1.91. The number of likely N-dealkylation sites (tertiary alicyclic amines) is 1. The van der Waals surface area contributed by atoms with Crippen LogP contribution in [0, 0.1) is 175 Å². The van der Waals surface area contributed by atoms with Gasteiger partial charge in [-0.2, -0.15) is 0 Å². The summed E-state index contributed by atoms with van der Waals surface area (Å²) >= 11 is 0. The molecule has 3 heterocycles. The van der Waals surface area contributed by atoms with Crippen molar-refractivity contribution >= 4 is 6.71 Å². The van der Waals surface area contributed by atoms with E-state index < -0.39 is 0 Å². The van der Waals surface area contributed by atoms with E-state index in [1.54, 1.807) is 199 Å². The zero-order valence-electron chi connectivity index (χ0n) is 75.4. The summed E-state index contributed by atoms with van der Waals surface area (Å²) in [7, 11) is 0. The second-order valence-corrected chi connectivity index (χ2v) is 52.5. The second-order valence-electron chi connectivity index (χ2n) is 52.5. The standard InChI is InChI=1S/C106H180BN3/c1-102(2,3)73-46-51-91-86(56-73)87-57-74(103(4,5)6)47-52-92(87)108(91)78-48-50-90-94(64-78)110(101-84(67-35-24-18-25-36-67)60-76(105(10,11)12)61-85(101)68-37-26-19-27-38-68)96-63-77(106(13,14)15)62-95-99(96)107(90)89-49-45-70(72-53-71-41-30-43-80-79-42-28-39-69-40-29-44-81(97(69)79)88(54-72)98(71)80)55-93(89)109(95)100-82(65-31-20-16-21-32-65)58-75(104(7,8)9)59-83(100)66-33-22-17-23-34-66/h65-101H,16-64H2,1-15H3. The first-order valence-electron chi connectivity index (χ1n) is 52.0. The molecular formula is C106H180BN3. The van der Waals surface area contributed by atoms with E-state index in [1.807, 2.05) is 0 Å². The molecule has 16 saturated carbocycles. The number of hydrogen-bond donors (Lipinski definition) is 0. The van der Waals surface area contributed by atoms with Crippen LogP contribution in [-0.2, 0) is 0 Å². The van der Waals surface area contributed by atoms with Crippen LogP contribution in [0.15, 0.2) is 0 Å². The minimum absolute atomic E-state index is 0.309. The largest absolute Gasteiger partial charge is 0.295 e. The third-order valence-electron chi connectivity index (χ3n) is 43.3. The van der Waals surface area contributed by atoms with Gasteiger partial charge in [-0.25, -0.2) is 0 Å². The molecule has 0 N–H and O–H groups in total. The minimum Gasteiger partial charge on any atom is -0.295 e. The molecule has 0 aromatic carbocycles. The maximum atomic E-state index is 4.01. The molecule has 19 rings (SSSR count). The molecule has 0 amide bonds. The molecule has 3 nitrogen and oxygen atoms in total. The summed E-state index contributed by atoms with van der Waals surface area (Å²) in [6.07, 6.45) is 76.6. The molecule has 0 aromatic rings. The lowest BCUT2D eigenvalue weighted by molar-refractivity contribution is -0.158. The van der Waals surface area contributed by atoms with Crippen molar-refractivity contribution in [3.8, 4) is 0 Å². The van der Waals surface area contributed by atoms with Crippen molar-refractivity contribution in [2.24, 2.45) is 175 Å². The summed E-state index contributed by atoms with van der Waals surface area (Å²) in [6.45, 7) is 42.1. The van der Waals surface area contributed by atoms with Crippen LogP contribution < -0.4 is 0 Å². The molecule has 19 aliphatic rings. The molecule has 16 aliphatic carbocycles. The molecule has 29 atom stereocenters. The smallest absolute Gasteiger partial charge is 0.156 e.